The maximum absolute atomic E-state index is 5.49. The van der Waals surface area contributed by atoms with E-state index in [2.05, 4.69) is 45.5 Å². The van der Waals surface area contributed by atoms with Gasteiger partial charge in [0.2, 0.25) is 5.89 Å². The zero-order valence-electron chi connectivity index (χ0n) is 12.6. The summed E-state index contributed by atoms with van der Waals surface area (Å²) in [5, 5.41) is 3.55. The highest BCUT2D eigenvalue weighted by Gasteiger charge is 2.19. The third-order valence-electron chi connectivity index (χ3n) is 4.05. The van der Waals surface area contributed by atoms with E-state index in [0.29, 0.717) is 6.04 Å². The molecular weight excluding hydrogens is 262 g/mol. The lowest BCUT2D eigenvalue weighted by Crippen LogP contribution is -2.41. The highest BCUT2D eigenvalue weighted by atomic mass is 16.4. The Hall–Kier alpha value is -1.65. The monoisotopic (exact) mass is 285 g/mol. The molecule has 1 aromatic heterocycles. The molecule has 4 heteroatoms. The van der Waals surface area contributed by atoms with Crippen molar-refractivity contribution in [2.45, 2.75) is 38.9 Å². The standard InChI is InChI=1S/C17H23N3O/c1-14-11-19-17(21-14)12-18-16-7-9-20(10-8-16)13-15-5-3-2-4-6-15/h2-6,11,16,18H,7-10,12-13H2,1H3. The van der Waals surface area contributed by atoms with Crippen LogP contribution < -0.4 is 5.32 Å². The van der Waals surface area contributed by atoms with Gasteiger partial charge in [-0.15, -0.1) is 0 Å². The predicted octanol–water partition coefficient (Wildman–Crippen LogP) is 2.74. The van der Waals surface area contributed by atoms with E-state index in [1.54, 1.807) is 6.20 Å². The Morgan fingerprint density at radius 1 is 1.24 bits per heavy atom. The van der Waals surface area contributed by atoms with Gasteiger partial charge >= 0.3 is 0 Å². The second-order valence-electron chi connectivity index (χ2n) is 5.78. The normalized spacial score (nSPS) is 17.2. The van der Waals surface area contributed by atoms with Crippen LogP contribution in [0.5, 0.6) is 0 Å². The Morgan fingerprint density at radius 3 is 2.67 bits per heavy atom. The Kier molecular flexibility index (Phi) is 4.68. The van der Waals surface area contributed by atoms with E-state index in [0.717, 1.165) is 37.8 Å². The van der Waals surface area contributed by atoms with Gasteiger partial charge in [-0.3, -0.25) is 4.90 Å². The second kappa shape index (κ2) is 6.87. The predicted molar refractivity (Wildman–Crippen MR) is 82.8 cm³/mol. The molecule has 2 aromatic rings. The van der Waals surface area contributed by atoms with Crippen molar-refractivity contribution in [3.05, 3.63) is 53.7 Å². The zero-order valence-corrected chi connectivity index (χ0v) is 12.6. The first-order valence-electron chi connectivity index (χ1n) is 7.70. The molecule has 4 nitrogen and oxygen atoms in total. The lowest BCUT2D eigenvalue weighted by Gasteiger charge is -2.32. The van der Waals surface area contributed by atoms with Crippen molar-refractivity contribution >= 4 is 0 Å². The molecule has 1 fully saturated rings. The molecule has 0 aliphatic carbocycles. The van der Waals surface area contributed by atoms with Crippen LogP contribution in [-0.4, -0.2) is 29.0 Å². The maximum Gasteiger partial charge on any atom is 0.208 e. The van der Waals surface area contributed by atoms with E-state index in [4.69, 9.17) is 4.42 Å². The number of nitrogens with zero attached hydrogens (tertiary/aromatic N) is 2. The van der Waals surface area contributed by atoms with Crippen molar-refractivity contribution in [1.29, 1.82) is 0 Å². The molecule has 2 heterocycles. The molecule has 0 bridgehead atoms. The molecule has 1 N–H and O–H groups in total. The number of hydrogen-bond acceptors (Lipinski definition) is 4. The quantitative estimate of drug-likeness (QED) is 0.917. The van der Waals surface area contributed by atoms with Gasteiger partial charge < -0.3 is 9.73 Å². The molecule has 0 unspecified atom stereocenters. The topological polar surface area (TPSA) is 41.3 Å². The summed E-state index contributed by atoms with van der Waals surface area (Å²) >= 11 is 0. The highest BCUT2D eigenvalue weighted by Crippen LogP contribution is 2.14. The van der Waals surface area contributed by atoms with E-state index in [9.17, 15) is 0 Å². The smallest absolute Gasteiger partial charge is 0.208 e. The van der Waals surface area contributed by atoms with Gasteiger partial charge in [0, 0.05) is 12.6 Å². The first kappa shape index (κ1) is 14.3. The SMILES string of the molecule is Cc1cnc(CNC2CCN(Cc3ccccc3)CC2)o1. The van der Waals surface area contributed by atoms with Crippen LogP contribution in [0.4, 0.5) is 0 Å². The maximum atomic E-state index is 5.49. The van der Waals surface area contributed by atoms with E-state index in [1.807, 2.05) is 6.92 Å². The van der Waals surface area contributed by atoms with Crippen LogP contribution in [-0.2, 0) is 13.1 Å². The van der Waals surface area contributed by atoms with Crippen LogP contribution in [0, 0.1) is 6.92 Å². The Bertz CT molecular complexity index is 544. The number of piperidine rings is 1. The van der Waals surface area contributed by atoms with Gasteiger partial charge in [-0.2, -0.15) is 0 Å². The molecule has 0 radical (unpaired) electrons. The van der Waals surface area contributed by atoms with E-state index in [-0.39, 0.29) is 0 Å². The van der Waals surface area contributed by atoms with Crippen LogP contribution in [0.25, 0.3) is 0 Å². The fourth-order valence-corrected chi connectivity index (χ4v) is 2.85. The number of nitrogens with one attached hydrogen (secondary N) is 1. The van der Waals surface area contributed by atoms with E-state index in [1.165, 1.54) is 18.4 Å². The fraction of sp³-hybridized carbons (Fsp3) is 0.471. The van der Waals surface area contributed by atoms with Crippen molar-refractivity contribution < 1.29 is 4.42 Å². The number of oxazole rings is 1. The van der Waals surface area contributed by atoms with Gasteiger partial charge in [0.05, 0.1) is 12.7 Å². The van der Waals surface area contributed by atoms with E-state index < -0.39 is 0 Å². The first-order chi connectivity index (χ1) is 10.3. The lowest BCUT2D eigenvalue weighted by molar-refractivity contribution is 0.188. The second-order valence-corrected chi connectivity index (χ2v) is 5.78. The third-order valence-corrected chi connectivity index (χ3v) is 4.05. The average Bonchev–Trinajstić information content (AvgIpc) is 2.93. The van der Waals surface area contributed by atoms with E-state index >= 15 is 0 Å². The summed E-state index contributed by atoms with van der Waals surface area (Å²) in [5.74, 6) is 1.67. The molecule has 3 rings (SSSR count). The number of likely N-dealkylation sites (tertiary alicyclic amines) is 1. The van der Waals surface area contributed by atoms with Crippen molar-refractivity contribution in [3.63, 3.8) is 0 Å². The summed E-state index contributed by atoms with van der Waals surface area (Å²) < 4.78 is 5.49. The lowest BCUT2D eigenvalue weighted by atomic mass is 10.0. The van der Waals surface area contributed by atoms with Crippen molar-refractivity contribution in [1.82, 2.24) is 15.2 Å². The average molecular weight is 285 g/mol. The molecule has 1 aliphatic heterocycles. The minimum Gasteiger partial charge on any atom is -0.445 e. The Labute approximate surface area is 126 Å². The largest absolute Gasteiger partial charge is 0.445 e. The highest BCUT2D eigenvalue weighted by molar-refractivity contribution is 5.14. The number of hydrogen-bond donors (Lipinski definition) is 1. The van der Waals surface area contributed by atoms with Crippen molar-refractivity contribution in [3.8, 4) is 0 Å². The summed E-state index contributed by atoms with van der Waals surface area (Å²) in [4.78, 5) is 6.76. The van der Waals surface area contributed by atoms with Gasteiger partial charge in [0.25, 0.3) is 0 Å². The van der Waals surface area contributed by atoms with Crippen LogP contribution in [0.2, 0.25) is 0 Å². The Balaban J connectivity index is 1.40. The first-order valence-corrected chi connectivity index (χ1v) is 7.70. The summed E-state index contributed by atoms with van der Waals surface area (Å²) in [7, 11) is 0. The van der Waals surface area contributed by atoms with Gasteiger partial charge in [0.15, 0.2) is 0 Å². The molecular formula is C17H23N3O. The van der Waals surface area contributed by atoms with Gasteiger partial charge in [-0.1, -0.05) is 30.3 Å². The minimum absolute atomic E-state index is 0.573. The molecule has 21 heavy (non-hydrogen) atoms. The molecule has 0 saturated carbocycles. The number of benzene rings is 1. The van der Waals surface area contributed by atoms with Gasteiger partial charge in [-0.05, 0) is 38.4 Å². The molecule has 1 saturated heterocycles. The van der Waals surface area contributed by atoms with Crippen LogP contribution in [0.1, 0.15) is 30.1 Å². The summed E-state index contributed by atoms with van der Waals surface area (Å²) in [6, 6.07) is 11.3. The zero-order chi connectivity index (χ0) is 14.5. The number of rotatable bonds is 5. The number of aromatic nitrogens is 1. The van der Waals surface area contributed by atoms with Gasteiger partial charge in [-0.25, -0.2) is 4.98 Å². The van der Waals surface area contributed by atoms with Crippen LogP contribution in [0.3, 0.4) is 0 Å². The molecule has 0 amide bonds. The summed E-state index contributed by atoms with van der Waals surface area (Å²) in [6.07, 6.45) is 4.15. The molecule has 0 spiro atoms. The Morgan fingerprint density at radius 2 is 2.00 bits per heavy atom. The summed E-state index contributed by atoms with van der Waals surface area (Å²) in [5.41, 5.74) is 1.40. The van der Waals surface area contributed by atoms with Crippen molar-refractivity contribution in [2.75, 3.05) is 13.1 Å². The number of aryl methyl sites for hydroxylation is 1. The molecule has 112 valence electrons. The minimum atomic E-state index is 0.573. The van der Waals surface area contributed by atoms with Gasteiger partial charge in [0.1, 0.15) is 5.76 Å². The molecule has 0 atom stereocenters. The fourth-order valence-electron chi connectivity index (χ4n) is 2.85. The van der Waals surface area contributed by atoms with Crippen LogP contribution in [0.15, 0.2) is 40.9 Å². The molecule has 1 aromatic carbocycles. The van der Waals surface area contributed by atoms with Crippen LogP contribution >= 0.6 is 0 Å². The molecule has 1 aliphatic rings. The summed E-state index contributed by atoms with van der Waals surface area (Å²) in [6.45, 7) is 6.02. The third kappa shape index (κ3) is 4.16. The van der Waals surface area contributed by atoms with Crippen molar-refractivity contribution in [2.24, 2.45) is 0 Å².